The molecule has 0 aliphatic carbocycles. The summed E-state index contributed by atoms with van der Waals surface area (Å²) in [5.41, 5.74) is 3.16. The Morgan fingerprint density at radius 3 is 2.16 bits per heavy atom. The summed E-state index contributed by atoms with van der Waals surface area (Å²) < 4.78 is 11.5. The summed E-state index contributed by atoms with van der Waals surface area (Å²) in [4.78, 5) is 32.3. The highest BCUT2D eigenvalue weighted by atomic mass is 16.5. The molecule has 4 rings (SSSR count). The Bertz CT molecular complexity index is 1120. The van der Waals surface area contributed by atoms with Gasteiger partial charge in [0.2, 0.25) is 0 Å². The first-order valence-electron chi connectivity index (χ1n) is 10.9. The van der Waals surface area contributed by atoms with Crippen molar-refractivity contribution in [3.63, 3.8) is 0 Å². The SMILES string of the molecule is CCOc1ccc(-c2ncccc2C(CC)N2C(=O)c3ccccc3C2=O)c(OCC)c1. The highest BCUT2D eigenvalue weighted by Gasteiger charge is 2.40. The van der Waals surface area contributed by atoms with E-state index >= 15 is 0 Å². The van der Waals surface area contributed by atoms with Crippen LogP contribution in [0, 0.1) is 0 Å². The molecule has 6 nitrogen and oxygen atoms in total. The van der Waals surface area contributed by atoms with Crippen molar-refractivity contribution in [2.75, 3.05) is 13.2 Å². The minimum atomic E-state index is -0.452. The molecule has 0 saturated heterocycles. The number of carbonyl (C=O) groups excluding carboxylic acids is 2. The Hall–Kier alpha value is -3.67. The molecule has 0 fully saturated rings. The molecule has 1 unspecified atom stereocenters. The van der Waals surface area contributed by atoms with E-state index in [1.54, 1.807) is 30.5 Å². The number of rotatable bonds is 8. The average Bonchev–Trinajstić information content (AvgIpc) is 3.06. The second-order valence-corrected chi connectivity index (χ2v) is 7.42. The zero-order valence-electron chi connectivity index (χ0n) is 18.5. The number of hydrogen-bond acceptors (Lipinski definition) is 5. The predicted octanol–water partition coefficient (Wildman–Crippen LogP) is 5.29. The minimum absolute atomic E-state index is 0.274. The van der Waals surface area contributed by atoms with E-state index in [4.69, 9.17) is 9.47 Å². The van der Waals surface area contributed by atoms with E-state index in [9.17, 15) is 9.59 Å². The Morgan fingerprint density at radius 1 is 0.844 bits per heavy atom. The number of carbonyl (C=O) groups is 2. The van der Waals surface area contributed by atoms with Crippen molar-refractivity contribution in [1.29, 1.82) is 0 Å². The molecule has 1 atom stereocenters. The van der Waals surface area contributed by atoms with Crippen molar-refractivity contribution in [2.24, 2.45) is 0 Å². The molecular weight excluding hydrogens is 404 g/mol. The van der Waals surface area contributed by atoms with Crippen molar-refractivity contribution in [1.82, 2.24) is 9.88 Å². The molecule has 0 spiro atoms. The van der Waals surface area contributed by atoms with Crippen LogP contribution in [-0.2, 0) is 0 Å². The fourth-order valence-corrected chi connectivity index (χ4v) is 4.17. The van der Waals surface area contributed by atoms with Crippen LogP contribution < -0.4 is 9.47 Å². The number of aromatic nitrogens is 1. The quantitative estimate of drug-likeness (QED) is 0.454. The van der Waals surface area contributed by atoms with E-state index in [-0.39, 0.29) is 11.8 Å². The Labute approximate surface area is 187 Å². The van der Waals surface area contributed by atoms with Gasteiger partial charge in [0.25, 0.3) is 11.8 Å². The fourth-order valence-electron chi connectivity index (χ4n) is 4.17. The summed E-state index contributed by atoms with van der Waals surface area (Å²) >= 11 is 0. The number of ether oxygens (including phenoxy) is 2. The van der Waals surface area contributed by atoms with E-state index in [0.29, 0.717) is 48.0 Å². The van der Waals surface area contributed by atoms with E-state index in [2.05, 4.69) is 4.98 Å². The monoisotopic (exact) mass is 430 g/mol. The van der Waals surface area contributed by atoms with Crippen LogP contribution in [0.5, 0.6) is 11.5 Å². The number of hydrogen-bond donors (Lipinski definition) is 0. The number of imide groups is 1. The first-order chi connectivity index (χ1) is 15.6. The minimum Gasteiger partial charge on any atom is -0.494 e. The normalized spacial score (nSPS) is 13.8. The largest absolute Gasteiger partial charge is 0.494 e. The Morgan fingerprint density at radius 2 is 1.53 bits per heavy atom. The van der Waals surface area contributed by atoms with Gasteiger partial charge in [-0.05, 0) is 50.6 Å². The fraction of sp³-hybridized carbons (Fsp3) is 0.269. The number of benzene rings is 2. The van der Waals surface area contributed by atoms with Crippen LogP contribution in [-0.4, -0.2) is 34.9 Å². The van der Waals surface area contributed by atoms with Crippen LogP contribution in [0.2, 0.25) is 0 Å². The van der Waals surface area contributed by atoms with E-state index in [1.807, 2.05) is 51.1 Å². The molecule has 164 valence electrons. The smallest absolute Gasteiger partial charge is 0.262 e. The van der Waals surface area contributed by atoms with Gasteiger partial charge in [0, 0.05) is 23.4 Å². The third-order valence-electron chi connectivity index (χ3n) is 5.54. The van der Waals surface area contributed by atoms with Gasteiger partial charge in [0.05, 0.1) is 36.1 Å². The first kappa shape index (κ1) is 21.6. The molecule has 2 heterocycles. The topological polar surface area (TPSA) is 68.7 Å². The second-order valence-electron chi connectivity index (χ2n) is 7.42. The number of pyridine rings is 1. The molecule has 0 N–H and O–H groups in total. The Kier molecular flexibility index (Phi) is 6.21. The van der Waals surface area contributed by atoms with Crippen molar-refractivity contribution >= 4 is 11.8 Å². The molecule has 2 amide bonds. The molecule has 0 radical (unpaired) electrons. The molecule has 0 bridgehead atoms. The summed E-state index contributed by atoms with van der Waals surface area (Å²) in [6, 6.07) is 15.9. The lowest BCUT2D eigenvalue weighted by Crippen LogP contribution is -2.34. The van der Waals surface area contributed by atoms with Crippen molar-refractivity contribution in [2.45, 2.75) is 33.2 Å². The summed E-state index contributed by atoms with van der Waals surface area (Å²) in [6.07, 6.45) is 2.27. The predicted molar refractivity (Wildman–Crippen MR) is 122 cm³/mol. The molecule has 0 saturated carbocycles. The van der Waals surface area contributed by atoms with Gasteiger partial charge < -0.3 is 9.47 Å². The highest BCUT2D eigenvalue weighted by Crippen LogP contribution is 2.40. The molecule has 1 aliphatic rings. The first-order valence-corrected chi connectivity index (χ1v) is 10.9. The van der Waals surface area contributed by atoms with Crippen molar-refractivity contribution in [3.8, 4) is 22.8 Å². The van der Waals surface area contributed by atoms with Crippen LogP contribution in [0.25, 0.3) is 11.3 Å². The number of fused-ring (bicyclic) bond motifs is 1. The lowest BCUT2D eigenvalue weighted by molar-refractivity contribution is 0.0578. The van der Waals surface area contributed by atoms with Crippen molar-refractivity contribution in [3.05, 3.63) is 77.5 Å². The van der Waals surface area contributed by atoms with E-state index in [0.717, 1.165) is 11.1 Å². The maximum Gasteiger partial charge on any atom is 0.262 e. The molecule has 2 aromatic carbocycles. The summed E-state index contributed by atoms with van der Waals surface area (Å²) in [6.45, 7) is 6.85. The van der Waals surface area contributed by atoms with Gasteiger partial charge in [0.15, 0.2) is 0 Å². The number of amides is 2. The summed E-state index contributed by atoms with van der Waals surface area (Å²) in [5.74, 6) is 0.813. The van der Waals surface area contributed by atoms with E-state index in [1.165, 1.54) is 4.90 Å². The molecule has 3 aromatic rings. The molecule has 6 heteroatoms. The van der Waals surface area contributed by atoms with Crippen molar-refractivity contribution < 1.29 is 19.1 Å². The van der Waals surface area contributed by atoms with E-state index < -0.39 is 6.04 Å². The zero-order chi connectivity index (χ0) is 22.7. The molecular formula is C26H26N2O4. The lowest BCUT2D eigenvalue weighted by atomic mass is 9.96. The van der Waals surface area contributed by atoms with Crippen LogP contribution in [0.3, 0.4) is 0 Å². The van der Waals surface area contributed by atoms with Gasteiger partial charge in [-0.3, -0.25) is 19.5 Å². The van der Waals surface area contributed by atoms with Crippen LogP contribution in [0.1, 0.15) is 59.5 Å². The summed E-state index contributed by atoms with van der Waals surface area (Å²) in [5, 5.41) is 0. The second kappa shape index (κ2) is 9.22. The molecule has 32 heavy (non-hydrogen) atoms. The van der Waals surface area contributed by atoms with Crippen LogP contribution in [0.4, 0.5) is 0 Å². The number of nitrogens with zero attached hydrogens (tertiary/aromatic N) is 2. The highest BCUT2D eigenvalue weighted by molar-refractivity contribution is 6.21. The molecule has 1 aromatic heterocycles. The third kappa shape index (κ3) is 3.73. The lowest BCUT2D eigenvalue weighted by Gasteiger charge is -2.27. The van der Waals surface area contributed by atoms with Gasteiger partial charge in [-0.25, -0.2) is 0 Å². The van der Waals surface area contributed by atoms with Gasteiger partial charge in [-0.15, -0.1) is 0 Å². The summed E-state index contributed by atoms with van der Waals surface area (Å²) in [7, 11) is 0. The van der Waals surface area contributed by atoms with Gasteiger partial charge in [-0.2, -0.15) is 0 Å². The Balaban J connectivity index is 1.80. The zero-order valence-corrected chi connectivity index (χ0v) is 18.5. The molecule has 1 aliphatic heterocycles. The average molecular weight is 431 g/mol. The van der Waals surface area contributed by atoms with Gasteiger partial charge in [-0.1, -0.05) is 25.1 Å². The van der Waals surface area contributed by atoms with Gasteiger partial charge in [0.1, 0.15) is 11.5 Å². The maximum atomic E-state index is 13.2. The van der Waals surface area contributed by atoms with Crippen LogP contribution >= 0.6 is 0 Å². The van der Waals surface area contributed by atoms with Crippen LogP contribution in [0.15, 0.2) is 60.8 Å². The standard InChI is InChI=1S/C26H26N2O4/c1-4-22(28-25(29)18-10-7-8-11-19(18)26(28)30)20-12-9-15-27-24(20)21-14-13-17(31-5-2)16-23(21)32-6-3/h7-16,22H,4-6H2,1-3H3. The third-order valence-corrected chi connectivity index (χ3v) is 5.54. The van der Waals surface area contributed by atoms with Gasteiger partial charge >= 0.3 is 0 Å². The maximum absolute atomic E-state index is 13.2.